The molecular formula is C13H23N3S. The minimum Gasteiger partial charge on any atom is -0.316 e. The Balaban J connectivity index is 1.74. The summed E-state index contributed by atoms with van der Waals surface area (Å²) < 4.78 is 0. The van der Waals surface area contributed by atoms with Crippen LogP contribution in [0.3, 0.4) is 0 Å². The highest BCUT2D eigenvalue weighted by molar-refractivity contribution is 7.11. The second-order valence-corrected chi connectivity index (χ2v) is 6.47. The molecule has 0 saturated carbocycles. The van der Waals surface area contributed by atoms with Crippen LogP contribution in [0.15, 0.2) is 6.20 Å². The average Bonchev–Trinajstić information content (AvgIpc) is 2.78. The molecule has 1 saturated heterocycles. The van der Waals surface area contributed by atoms with E-state index in [-0.39, 0.29) is 0 Å². The quantitative estimate of drug-likeness (QED) is 0.844. The first kappa shape index (κ1) is 13.0. The molecule has 0 aliphatic carbocycles. The fraction of sp³-hybridized carbons (Fsp3) is 0.769. The summed E-state index contributed by atoms with van der Waals surface area (Å²) in [5.41, 5.74) is 0.420. The summed E-state index contributed by atoms with van der Waals surface area (Å²) in [7, 11) is 0. The van der Waals surface area contributed by atoms with Gasteiger partial charge in [0.2, 0.25) is 0 Å². The summed E-state index contributed by atoms with van der Waals surface area (Å²) >= 11 is 1.83. The largest absolute Gasteiger partial charge is 0.316 e. The lowest BCUT2D eigenvalue weighted by Gasteiger charge is -2.34. The van der Waals surface area contributed by atoms with Crippen LogP contribution in [0.1, 0.15) is 36.6 Å². The third-order valence-corrected chi connectivity index (χ3v) is 4.61. The lowest BCUT2D eigenvalue weighted by atomic mass is 9.83. The predicted molar refractivity (Wildman–Crippen MR) is 73.4 cm³/mol. The molecule has 1 unspecified atom stereocenters. The van der Waals surface area contributed by atoms with Crippen molar-refractivity contribution < 1.29 is 0 Å². The summed E-state index contributed by atoms with van der Waals surface area (Å²) in [5, 5.41) is 8.26. The van der Waals surface area contributed by atoms with Crippen molar-refractivity contribution in [1.29, 1.82) is 0 Å². The van der Waals surface area contributed by atoms with Gasteiger partial charge in [-0.1, -0.05) is 13.8 Å². The Bertz CT molecular complexity index is 342. The van der Waals surface area contributed by atoms with E-state index in [0.29, 0.717) is 5.41 Å². The molecule has 2 rings (SSSR count). The Morgan fingerprint density at radius 3 is 3.12 bits per heavy atom. The second-order valence-electron chi connectivity index (χ2n) is 5.27. The molecule has 1 aliphatic rings. The molecule has 0 spiro atoms. The van der Waals surface area contributed by atoms with E-state index >= 15 is 0 Å². The third-order valence-electron chi connectivity index (χ3n) is 3.46. The molecule has 1 aliphatic heterocycles. The smallest absolute Gasteiger partial charge is 0.107 e. The predicted octanol–water partition coefficient (Wildman–Crippen LogP) is 2.18. The number of aryl methyl sites for hydroxylation is 1. The summed E-state index contributed by atoms with van der Waals surface area (Å²) in [6, 6.07) is 0. The first-order chi connectivity index (χ1) is 8.22. The van der Waals surface area contributed by atoms with E-state index in [1.165, 1.54) is 29.3 Å². The molecule has 4 heteroatoms. The maximum absolute atomic E-state index is 4.43. The van der Waals surface area contributed by atoms with Crippen molar-refractivity contribution in [3.63, 3.8) is 0 Å². The second kappa shape index (κ2) is 5.94. The molecule has 1 aromatic heterocycles. The van der Waals surface area contributed by atoms with Gasteiger partial charge in [0.15, 0.2) is 0 Å². The van der Waals surface area contributed by atoms with Gasteiger partial charge in [-0.2, -0.15) is 0 Å². The summed E-state index contributed by atoms with van der Waals surface area (Å²) in [6.45, 7) is 8.87. The summed E-state index contributed by atoms with van der Waals surface area (Å²) in [4.78, 5) is 5.81. The van der Waals surface area contributed by atoms with Crippen LogP contribution in [0.4, 0.5) is 0 Å². The zero-order chi connectivity index (χ0) is 12.1. The normalized spacial score (nSPS) is 25.1. The molecule has 3 nitrogen and oxygen atoms in total. The average molecular weight is 253 g/mol. The van der Waals surface area contributed by atoms with Crippen molar-refractivity contribution >= 4 is 11.3 Å². The van der Waals surface area contributed by atoms with Gasteiger partial charge in [-0.25, -0.2) is 4.98 Å². The zero-order valence-electron chi connectivity index (χ0n) is 10.9. The topological polar surface area (TPSA) is 37.0 Å². The van der Waals surface area contributed by atoms with E-state index in [0.717, 1.165) is 26.1 Å². The fourth-order valence-corrected chi connectivity index (χ4v) is 3.17. The first-order valence-corrected chi connectivity index (χ1v) is 7.38. The van der Waals surface area contributed by atoms with Gasteiger partial charge in [0, 0.05) is 30.7 Å². The van der Waals surface area contributed by atoms with Gasteiger partial charge in [0.1, 0.15) is 5.01 Å². The molecule has 1 aromatic rings. The summed E-state index contributed by atoms with van der Waals surface area (Å²) in [6.07, 6.45) is 5.73. The van der Waals surface area contributed by atoms with Crippen LogP contribution in [0, 0.1) is 5.41 Å². The van der Waals surface area contributed by atoms with Gasteiger partial charge in [-0.05, 0) is 31.2 Å². The van der Waals surface area contributed by atoms with Crippen molar-refractivity contribution in [2.24, 2.45) is 5.41 Å². The summed E-state index contributed by atoms with van der Waals surface area (Å²) in [5.74, 6) is 0. The van der Waals surface area contributed by atoms with Crippen molar-refractivity contribution in [2.75, 3.05) is 19.6 Å². The molecule has 2 N–H and O–H groups in total. The van der Waals surface area contributed by atoms with E-state index in [9.17, 15) is 0 Å². The van der Waals surface area contributed by atoms with E-state index < -0.39 is 0 Å². The molecule has 0 aromatic carbocycles. The SMILES string of the molecule is CCc1cnc(CNCC2(C)CCCNC2)s1. The van der Waals surface area contributed by atoms with E-state index in [2.05, 4.69) is 29.5 Å². The highest BCUT2D eigenvalue weighted by atomic mass is 32.1. The van der Waals surface area contributed by atoms with Crippen molar-refractivity contribution in [1.82, 2.24) is 15.6 Å². The minimum absolute atomic E-state index is 0.420. The molecule has 96 valence electrons. The van der Waals surface area contributed by atoms with Gasteiger partial charge < -0.3 is 10.6 Å². The van der Waals surface area contributed by atoms with Gasteiger partial charge in [-0.3, -0.25) is 0 Å². The van der Waals surface area contributed by atoms with Gasteiger partial charge >= 0.3 is 0 Å². The highest BCUT2D eigenvalue weighted by Gasteiger charge is 2.25. The standard InChI is InChI=1S/C13H23N3S/c1-3-11-7-16-12(17-11)8-15-10-13(2)5-4-6-14-9-13/h7,14-15H,3-6,8-10H2,1-2H3. The fourth-order valence-electron chi connectivity index (χ4n) is 2.33. The van der Waals surface area contributed by atoms with Crippen LogP contribution in [0.5, 0.6) is 0 Å². The van der Waals surface area contributed by atoms with Crippen LogP contribution >= 0.6 is 11.3 Å². The monoisotopic (exact) mass is 253 g/mol. The molecule has 1 atom stereocenters. The van der Waals surface area contributed by atoms with Gasteiger partial charge in [0.25, 0.3) is 0 Å². The number of aromatic nitrogens is 1. The third kappa shape index (κ3) is 3.76. The number of nitrogens with one attached hydrogen (secondary N) is 2. The van der Waals surface area contributed by atoms with Crippen molar-refractivity contribution in [2.45, 2.75) is 39.7 Å². The Morgan fingerprint density at radius 2 is 2.47 bits per heavy atom. The van der Waals surface area contributed by atoms with Crippen molar-refractivity contribution in [3.05, 3.63) is 16.1 Å². The maximum atomic E-state index is 4.43. The van der Waals surface area contributed by atoms with Crippen LogP contribution < -0.4 is 10.6 Å². The van der Waals surface area contributed by atoms with Crippen LogP contribution in [0.2, 0.25) is 0 Å². The molecule has 17 heavy (non-hydrogen) atoms. The number of hydrogen-bond acceptors (Lipinski definition) is 4. The number of nitrogens with zero attached hydrogens (tertiary/aromatic N) is 1. The van der Waals surface area contributed by atoms with Crippen LogP contribution in [-0.4, -0.2) is 24.6 Å². The molecule has 0 amide bonds. The maximum Gasteiger partial charge on any atom is 0.107 e. The van der Waals surface area contributed by atoms with Crippen LogP contribution in [0.25, 0.3) is 0 Å². The Morgan fingerprint density at radius 1 is 1.59 bits per heavy atom. The molecule has 2 heterocycles. The lowest BCUT2D eigenvalue weighted by molar-refractivity contribution is 0.226. The first-order valence-electron chi connectivity index (χ1n) is 6.57. The Kier molecular flexibility index (Phi) is 4.54. The number of thiazole rings is 1. The van der Waals surface area contributed by atoms with E-state index in [4.69, 9.17) is 0 Å². The van der Waals surface area contributed by atoms with E-state index in [1.54, 1.807) is 0 Å². The molecule has 1 fully saturated rings. The number of rotatable bonds is 5. The highest BCUT2D eigenvalue weighted by Crippen LogP contribution is 2.24. The molecule has 0 radical (unpaired) electrons. The van der Waals surface area contributed by atoms with Crippen molar-refractivity contribution in [3.8, 4) is 0 Å². The van der Waals surface area contributed by atoms with E-state index in [1.807, 2.05) is 17.5 Å². The Labute approximate surface area is 108 Å². The number of piperidine rings is 1. The minimum atomic E-state index is 0.420. The molecule has 0 bridgehead atoms. The van der Waals surface area contributed by atoms with Gasteiger partial charge in [0.05, 0.1) is 0 Å². The lowest BCUT2D eigenvalue weighted by Crippen LogP contribution is -2.44. The van der Waals surface area contributed by atoms with Crippen LogP contribution in [-0.2, 0) is 13.0 Å². The molecular weight excluding hydrogens is 230 g/mol. The zero-order valence-corrected chi connectivity index (χ0v) is 11.7. The Hall–Kier alpha value is -0.450. The number of hydrogen-bond donors (Lipinski definition) is 2. The van der Waals surface area contributed by atoms with Gasteiger partial charge in [-0.15, -0.1) is 11.3 Å².